The number of ether oxygens (including phenoxy) is 3. The molecule has 0 radical (unpaired) electrons. The monoisotopic (exact) mass is 426 g/mol. The molecule has 0 amide bonds. The van der Waals surface area contributed by atoms with Crippen molar-refractivity contribution in [1.82, 2.24) is 19.9 Å². The maximum absolute atomic E-state index is 12.7. The number of nitrogens with one attached hydrogen (secondary N) is 3. The van der Waals surface area contributed by atoms with E-state index in [2.05, 4.69) is 19.9 Å². The normalized spacial score (nSPS) is 12.8. The number of hydrogen-bond donors (Lipinski definition) is 3. The molecule has 0 spiro atoms. The summed E-state index contributed by atoms with van der Waals surface area (Å²) in [4.78, 5) is 38.0. The van der Waals surface area contributed by atoms with Gasteiger partial charge in [-0.15, -0.1) is 0 Å². The zero-order valence-corrected chi connectivity index (χ0v) is 18.4. The van der Waals surface area contributed by atoms with Crippen LogP contribution >= 0.6 is 0 Å². The molecule has 0 aliphatic rings. The van der Waals surface area contributed by atoms with E-state index < -0.39 is 11.1 Å². The van der Waals surface area contributed by atoms with Gasteiger partial charge in [0.1, 0.15) is 10.7 Å². The molecule has 0 saturated heterocycles. The van der Waals surface area contributed by atoms with Crippen LogP contribution in [0.1, 0.15) is 37.7 Å². The second-order valence-corrected chi connectivity index (χ2v) is 7.86. The molecular weight excluding hydrogens is 400 g/mol. The van der Waals surface area contributed by atoms with Gasteiger partial charge in [0.25, 0.3) is 11.1 Å². The minimum atomic E-state index is -0.462. The van der Waals surface area contributed by atoms with Crippen molar-refractivity contribution in [2.75, 3.05) is 21.3 Å². The molecule has 0 aliphatic heterocycles. The van der Waals surface area contributed by atoms with Crippen molar-refractivity contribution >= 4 is 12.2 Å². The summed E-state index contributed by atoms with van der Waals surface area (Å²) in [5.74, 6) is 1.25. The maximum Gasteiger partial charge on any atom is 0.272 e. The zero-order valence-electron chi connectivity index (χ0n) is 18.4. The highest BCUT2D eigenvalue weighted by atomic mass is 16.5. The van der Waals surface area contributed by atoms with Gasteiger partial charge >= 0.3 is 0 Å². The summed E-state index contributed by atoms with van der Waals surface area (Å²) < 4.78 is 16.1. The molecule has 1 aromatic carbocycles. The summed E-state index contributed by atoms with van der Waals surface area (Å²) in [6.07, 6.45) is 4.63. The number of benzene rings is 1. The van der Waals surface area contributed by atoms with E-state index in [-0.39, 0.29) is 16.1 Å². The van der Waals surface area contributed by atoms with Gasteiger partial charge in [-0.2, -0.15) is 0 Å². The van der Waals surface area contributed by atoms with Gasteiger partial charge in [0, 0.05) is 16.7 Å². The fourth-order valence-corrected chi connectivity index (χ4v) is 3.24. The molecule has 2 aromatic heterocycles. The Morgan fingerprint density at radius 2 is 1.48 bits per heavy atom. The fourth-order valence-electron chi connectivity index (χ4n) is 3.24. The van der Waals surface area contributed by atoms with Crippen molar-refractivity contribution < 1.29 is 14.2 Å². The molecule has 31 heavy (non-hydrogen) atoms. The second kappa shape index (κ2) is 8.55. The smallest absolute Gasteiger partial charge is 0.272 e. The summed E-state index contributed by atoms with van der Waals surface area (Å²) in [6.45, 7) is 6.08. The largest absolute Gasteiger partial charge is 0.493 e. The molecule has 164 valence electrons. The van der Waals surface area contributed by atoms with Crippen molar-refractivity contribution in [3.8, 4) is 17.2 Å². The molecule has 3 rings (SSSR count). The van der Waals surface area contributed by atoms with Crippen LogP contribution in [0.3, 0.4) is 0 Å². The number of nitrogens with zero attached hydrogens (tertiary/aromatic N) is 1. The van der Waals surface area contributed by atoms with E-state index in [0.717, 1.165) is 5.69 Å². The van der Waals surface area contributed by atoms with Gasteiger partial charge in [-0.25, -0.2) is 4.98 Å². The number of aromatic nitrogens is 4. The van der Waals surface area contributed by atoms with Crippen LogP contribution in [0.4, 0.5) is 0 Å². The first kappa shape index (κ1) is 21.9. The first-order valence-corrected chi connectivity index (χ1v) is 9.58. The number of imidazole rings is 1. The summed E-state index contributed by atoms with van der Waals surface area (Å²) in [5, 5.41) is 0.185. The van der Waals surface area contributed by atoms with E-state index in [1.807, 2.05) is 20.8 Å². The Bertz CT molecular complexity index is 1330. The lowest BCUT2D eigenvalue weighted by molar-refractivity contribution is 0.324. The van der Waals surface area contributed by atoms with Gasteiger partial charge in [0.05, 0.1) is 33.4 Å². The van der Waals surface area contributed by atoms with Crippen LogP contribution in [0.2, 0.25) is 0 Å². The highest BCUT2D eigenvalue weighted by Crippen LogP contribution is 2.39. The number of methoxy groups -OCH3 is 3. The Morgan fingerprint density at radius 1 is 0.871 bits per heavy atom. The van der Waals surface area contributed by atoms with Gasteiger partial charge in [0.15, 0.2) is 11.5 Å². The fraction of sp³-hybridized carbons (Fsp3) is 0.318. The Morgan fingerprint density at radius 3 is 2.03 bits per heavy atom. The molecule has 9 nitrogen and oxygen atoms in total. The van der Waals surface area contributed by atoms with Crippen LogP contribution in [0.5, 0.6) is 17.2 Å². The molecule has 3 N–H and O–H groups in total. The molecular formula is C22H26N4O5. The molecule has 0 atom stereocenters. The first-order valence-electron chi connectivity index (χ1n) is 9.58. The highest BCUT2D eigenvalue weighted by Gasteiger charge is 2.19. The molecule has 0 bridgehead atoms. The third-order valence-corrected chi connectivity index (χ3v) is 4.72. The molecule has 2 heterocycles. The lowest BCUT2D eigenvalue weighted by Crippen LogP contribution is -2.46. The molecule has 0 unspecified atom stereocenters. The van der Waals surface area contributed by atoms with Gasteiger partial charge in [-0.05, 0) is 24.3 Å². The second-order valence-electron chi connectivity index (χ2n) is 7.86. The Balaban J connectivity index is 2.17. The Kier molecular flexibility index (Phi) is 6.05. The van der Waals surface area contributed by atoms with E-state index in [9.17, 15) is 9.59 Å². The minimum Gasteiger partial charge on any atom is -0.493 e. The SMILES string of the molecule is COc1ccc(/C=c2/[nH]c(=O)/c(=C\c3nc[nH]c3C(C)(C)C)[nH]c2=O)c(OC)c1OC. The van der Waals surface area contributed by atoms with Crippen LogP contribution in [-0.4, -0.2) is 41.3 Å². The number of aromatic amines is 3. The van der Waals surface area contributed by atoms with Crippen LogP contribution in [0.15, 0.2) is 28.0 Å². The summed E-state index contributed by atoms with van der Waals surface area (Å²) >= 11 is 0. The summed E-state index contributed by atoms with van der Waals surface area (Å²) in [5.41, 5.74) is 0.877. The van der Waals surface area contributed by atoms with E-state index in [4.69, 9.17) is 14.2 Å². The van der Waals surface area contributed by atoms with E-state index in [0.29, 0.717) is 28.5 Å². The number of rotatable bonds is 5. The van der Waals surface area contributed by atoms with Crippen molar-refractivity contribution in [1.29, 1.82) is 0 Å². The van der Waals surface area contributed by atoms with Gasteiger partial charge in [-0.1, -0.05) is 20.8 Å². The standard InChI is InChI=1S/C22H26N4O5/c1-22(2,3)19-13(23-11-24-19)10-15-21(28)25-14(20(27)26-15)9-12-7-8-16(29-4)18(31-6)17(12)30-5/h7-11H,1-6H3,(H,23,24)(H,25,28)(H,26,27)/b14-9+,15-10+. The quantitative estimate of drug-likeness (QED) is 0.554. The number of H-pyrrole nitrogens is 3. The van der Waals surface area contributed by atoms with Crippen LogP contribution < -0.4 is 36.0 Å². The van der Waals surface area contributed by atoms with Crippen molar-refractivity contribution in [2.24, 2.45) is 0 Å². The van der Waals surface area contributed by atoms with Gasteiger partial charge in [-0.3, -0.25) is 9.59 Å². The third kappa shape index (κ3) is 4.40. The topological polar surface area (TPSA) is 122 Å². The van der Waals surface area contributed by atoms with E-state index in [1.165, 1.54) is 27.4 Å². The minimum absolute atomic E-state index is 0.0748. The van der Waals surface area contributed by atoms with E-state index >= 15 is 0 Å². The lowest BCUT2D eigenvalue weighted by Gasteiger charge is -2.16. The van der Waals surface area contributed by atoms with Crippen LogP contribution in [0.25, 0.3) is 12.2 Å². The van der Waals surface area contributed by atoms with Crippen molar-refractivity contribution in [3.05, 3.63) is 66.8 Å². The average molecular weight is 426 g/mol. The lowest BCUT2D eigenvalue weighted by atomic mass is 9.90. The highest BCUT2D eigenvalue weighted by molar-refractivity contribution is 5.66. The Hall–Kier alpha value is -3.75. The molecule has 0 saturated carbocycles. The molecule has 0 fully saturated rings. The average Bonchev–Trinajstić information content (AvgIpc) is 3.19. The van der Waals surface area contributed by atoms with Gasteiger partial charge < -0.3 is 29.2 Å². The van der Waals surface area contributed by atoms with Gasteiger partial charge in [0.2, 0.25) is 5.75 Å². The maximum atomic E-state index is 12.7. The zero-order chi connectivity index (χ0) is 22.8. The van der Waals surface area contributed by atoms with E-state index in [1.54, 1.807) is 24.5 Å². The van der Waals surface area contributed by atoms with Crippen molar-refractivity contribution in [2.45, 2.75) is 26.2 Å². The summed E-state index contributed by atoms with van der Waals surface area (Å²) in [6, 6.07) is 3.39. The number of hydrogen-bond acceptors (Lipinski definition) is 6. The first-order chi connectivity index (χ1) is 14.7. The van der Waals surface area contributed by atoms with Crippen molar-refractivity contribution in [3.63, 3.8) is 0 Å². The third-order valence-electron chi connectivity index (χ3n) is 4.72. The van der Waals surface area contributed by atoms with Crippen LogP contribution in [-0.2, 0) is 5.41 Å². The predicted octanol–water partition coefficient (Wildman–Crippen LogP) is 0.767. The molecule has 0 aliphatic carbocycles. The molecule has 3 aromatic rings. The summed E-state index contributed by atoms with van der Waals surface area (Å²) in [7, 11) is 4.49. The van der Waals surface area contributed by atoms with Crippen LogP contribution in [0, 0.1) is 0 Å². The Labute approximate surface area is 178 Å². The predicted molar refractivity (Wildman–Crippen MR) is 117 cm³/mol. The molecule has 9 heteroatoms.